The van der Waals surface area contributed by atoms with Crippen LogP contribution in [-0.2, 0) is 11.3 Å². The lowest BCUT2D eigenvalue weighted by atomic mass is 10.0. The monoisotopic (exact) mass is 452 g/mol. The van der Waals surface area contributed by atoms with Gasteiger partial charge in [0.25, 0.3) is 5.97 Å². The summed E-state index contributed by atoms with van der Waals surface area (Å²) in [6, 6.07) is 16.1. The van der Waals surface area contributed by atoms with Gasteiger partial charge in [-0.2, -0.15) is 5.10 Å². The number of aliphatic carboxylic acids is 1. The Hall–Kier alpha value is -3.07. The Kier molecular flexibility index (Phi) is 6.94. The number of nitrogens with one attached hydrogen (secondary N) is 2. The van der Waals surface area contributed by atoms with Gasteiger partial charge in [0.05, 0.1) is 17.8 Å². The van der Waals surface area contributed by atoms with E-state index in [1.54, 1.807) is 17.4 Å². The van der Waals surface area contributed by atoms with Gasteiger partial charge >= 0.3 is 0 Å². The van der Waals surface area contributed by atoms with Gasteiger partial charge in [0, 0.05) is 48.9 Å². The smallest absolute Gasteiger partial charge is 0.300 e. The fourth-order valence-corrected chi connectivity index (χ4v) is 4.77. The van der Waals surface area contributed by atoms with Gasteiger partial charge in [0.15, 0.2) is 0 Å². The molecule has 166 valence electrons. The molecule has 32 heavy (non-hydrogen) atoms. The molecule has 8 heteroatoms. The van der Waals surface area contributed by atoms with Gasteiger partial charge < -0.3 is 10.4 Å². The van der Waals surface area contributed by atoms with E-state index >= 15 is 0 Å². The number of hydrogen-bond acceptors (Lipinski definition) is 5. The minimum atomic E-state index is -0.833. The highest BCUT2D eigenvalue weighted by molar-refractivity contribution is 7.10. The molecule has 1 fully saturated rings. The van der Waals surface area contributed by atoms with Crippen molar-refractivity contribution in [2.45, 2.75) is 19.5 Å². The van der Waals surface area contributed by atoms with E-state index in [2.05, 4.69) is 50.1 Å². The molecule has 2 aromatic carbocycles. The van der Waals surface area contributed by atoms with Crippen LogP contribution < -0.4 is 5.32 Å². The Morgan fingerprint density at radius 2 is 2.03 bits per heavy atom. The van der Waals surface area contributed by atoms with Gasteiger partial charge in [-0.05, 0) is 46.8 Å². The van der Waals surface area contributed by atoms with Crippen LogP contribution in [-0.4, -0.2) is 45.8 Å². The van der Waals surface area contributed by atoms with Crippen molar-refractivity contribution in [3.8, 4) is 11.1 Å². The number of carboxylic acids is 1. The van der Waals surface area contributed by atoms with Crippen LogP contribution in [0.5, 0.6) is 0 Å². The topological polar surface area (TPSA) is 81.2 Å². The molecule has 1 aliphatic rings. The van der Waals surface area contributed by atoms with Gasteiger partial charge in [-0.1, -0.05) is 18.2 Å². The fourth-order valence-electron chi connectivity index (χ4n) is 3.91. The predicted octanol–water partition coefficient (Wildman–Crippen LogP) is 4.67. The first-order valence-corrected chi connectivity index (χ1v) is 11.3. The summed E-state index contributed by atoms with van der Waals surface area (Å²) >= 11 is 1.77. The molecule has 0 amide bonds. The van der Waals surface area contributed by atoms with Crippen molar-refractivity contribution in [3.63, 3.8) is 0 Å². The Balaban J connectivity index is 0.000000567. The zero-order chi connectivity index (χ0) is 22.5. The largest absolute Gasteiger partial charge is 0.481 e. The first-order valence-electron chi connectivity index (χ1n) is 10.4. The number of carboxylic acid groups (broad SMARTS) is 1. The Morgan fingerprint density at radius 1 is 1.25 bits per heavy atom. The number of halogens is 1. The van der Waals surface area contributed by atoms with E-state index in [1.807, 2.05) is 24.4 Å². The fraction of sp³-hybridized carbons (Fsp3) is 0.250. The van der Waals surface area contributed by atoms with Crippen molar-refractivity contribution < 1.29 is 14.3 Å². The molecule has 1 saturated heterocycles. The van der Waals surface area contributed by atoms with E-state index in [1.165, 1.54) is 4.88 Å². The lowest BCUT2D eigenvalue weighted by Gasteiger charge is -2.35. The van der Waals surface area contributed by atoms with Crippen molar-refractivity contribution in [2.75, 3.05) is 19.6 Å². The molecule has 2 aromatic heterocycles. The molecule has 1 aliphatic heterocycles. The maximum absolute atomic E-state index is 14.7. The number of benzene rings is 2. The Morgan fingerprint density at radius 3 is 2.81 bits per heavy atom. The summed E-state index contributed by atoms with van der Waals surface area (Å²) in [6.45, 7) is 4.43. The standard InChI is InChI=1S/C22H21FN4S.C2H4O2/c23-19-5-3-15(16-4-6-20-17(10-16)12-25-26-20)11-18(19)14-27-8-7-24-13-21(27)22-2-1-9-28-22;1-2(3)4/h1-6,9-12,21,24H,7-8,13-14H2,(H,25,26);1H3,(H,3,4). The van der Waals surface area contributed by atoms with Crippen LogP contribution in [0.25, 0.3) is 22.0 Å². The molecule has 3 heterocycles. The molecule has 0 saturated carbocycles. The van der Waals surface area contributed by atoms with Crippen LogP contribution >= 0.6 is 11.3 Å². The average molecular weight is 453 g/mol. The van der Waals surface area contributed by atoms with Crippen LogP contribution in [0, 0.1) is 5.82 Å². The van der Waals surface area contributed by atoms with E-state index < -0.39 is 5.97 Å². The molecule has 1 atom stereocenters. The van der Waals surface area contributed by atoms with Crippen LogP contribution in [0.15, 0.2) is 60.1 Å². The molecule has 0 spiro atoms. The summed E-state index contributed by atoms with van der Waals surface area (Å²) in [4.78, 5) is 12.7. The van der Waals surface area contributed by atoms with E-state index in [0.717, 1.165) is 54.2 Å². The van der Waals surface area contributed by atoms with E-state index in [4.69, 9.17) is 9.90 Å². The maximum atomic E-state index is 14.7. The molecule has 0 radical (unpaired) electrons. The van der Waals surface area contributed by atoms with Crippen LogP contribution in [0.2, 0.25) is 0 Å². The Bertz CT molecular complexity index is 1190. The number of thiophene rings is 1. The lowest BCUT2D eigenvalue weighted by Crippen LogP contribution is -2.45. The van der Waals surface area contributed by atoms with Crippen molar-refractivity contribution in [2.24, 2.45) is 0 Å². The minimum Gasteiger partial charge on any atom is -0.481 e. The molecule has 4 aromatic rings. The van der Waals surface area contributed by atoms with Crippen LogP contribution in [0.4, 0.5) is 4.39 Å². The minimum absolute atomic E-state index is 0.142. The zero-order valence-electron chi connectivity index (χ0n) is 17.7. The summed E-state index contributed by atoms with van der Waals surface area (Å²) < 4.78 is 14.7. The third-order valence-electron chi connectivity index (χ3n) is 5.42. The van der Waals surface area contributed by atoms with Crippen LogP contribution in [0.3, 0.4) is 0 Å². The van der Waals surface area contributed by atoms with Crippen LogP contribution in [0.1, 0.15) is 23.4 Å². The van der Waals surface area contributed by atoms with Crippen molar-refractivity contribution in [1.82, 2.24) is 20.4 Å². The van der Waals surface area contributed by atoms with E-state index in [0.29, 0.717) is 12.6 Å². The molecule has 1 unspecified atom stereocenters. The summed E-state index contributed by atoms with van der Waals surface area (Å²) in [5.41, 5.74) is 3.85. The van der Waals surface area contributed by atoms with Crippen molar-refractivity contribution >= 4 is 28.2 Å². The van der Waals surface area contributed by atoms with Gasteiger partial charge in [-0.15, -0.1) is 11.3 Å². The van der Waals surface area contributed by atoms with E-state index in [9.17, 15) is 4.39 Å². The maximum Gasteiger partial charge on any atom is 0.300 e. The molecule has 0 aliphatic carbocycles. The first-order chi connectivity index (χ1) is 15.5. The number of H-pyrrole nitrogens is 1. The zero-order valence-corrected chi connectivity index (χ0v) is 18.5. The van der Waals surface area contributed by atoms with Gasteiger partial charge in [0.1, 0.15) is 5.82 Å². The second-order valence-corrected chi connectivity index (χ2v) is 8.68. The quantitative estimate of drug-likeness (QED) is 0.419. The number of fused-ring (bicyclic) bond motifs is 1. The van der Waals surface area contributed by atoms with Gasteiger partial charge in [-0.25, -0.2) is 4.39 Å². The number of carbonyl (C=O) groups is 1. The molecular weight excluding hydrogens is 427 g/mol. The predicted molar refractivity (Wildman–Crippen MR) is 125 cm³/mol. The highest BCUT2D eigenvalue weighted by Crippen LogP contribution is 2.30. The number of piperazine rings is 1. The van der Waals surface area contributed by atoms with Gasteiger partial charge in [-0.3, -0.25) is 14.8 Å². The summed E-state index contributed by atoms with van der Waals surface area (Å²) in [5, 5.41) is 21.1. The molecule has 5 rings (SSSR count). The number of aromatic nitrogens is 2. The van der Waals surface area contributed by atoms with Crippen molar-refractivity contribution in [1.29, 1.82) is 0 Å². The molecule has 0 bridgehead atoms. The highest BCUT2D eigenvalue weighted by Gasteiger charge is 2.25. The Labute approximate surface area is 189 Å². The summed E-state index contributed by atoms with van der Waals surface area (Å²) in [7, 11) is 0. The number of aromatic amines is 1. The second kappa shape index (κ2) is 10.0. The number of hydrogen-bond donors (Lipinski definition) is 3. The van der Waals surface area contributed by atoms with Gasteiger partial charge in [0.2, 0.25) is 0 Å². The summed E-state index contributed by atoms with van der Waals surface area (Å²) in [6.07, 6.45) is 1.82. The number of nitrogens with zero attached hydrogens (tertiary/aromatic N) is 2. The second-order valence-electron chi connectivity index (χ2n) is 7.70. The third-order valence-corrected chi connectivity index (χ3v) is 6.39. The van der Waals surface area contributed by atoms with E-state index in [-0.39, 0.29) is 5.82 Å². The SMILES string of the molecule is CC(=O)O.Fc1ccc(-c2ccc3[nH]ncc3c2)cc1CN1CCNCC1c1cccs1. The van der Waals surface area contributed by atoms with Crippen molar-refractivity contribution in [3.05, 3.63) is 76.4 Å². The molecule has 3 N–H and O–H groups in total. The highest BCUT2D eigenvalue weighted by atomic mass is 32.1. The summed E-state index contributed by atoms with van der Waals surface area (Å²) in [5.74, 6) is -0.975. The molecule has 6 nitrogen and oxygen atoms in total. The lowest BCUT2D eigenvalue weighted by molar-refractivity contribution is -0.134. The average Bonchev–Trinajstić information content (AvgIpc) is 3.47. The number of rotatable bonds is 4. The normalized spacial score (nSPS) is 16.5. The molecular formula is C24H25FN4O2S. The first kappa shape index (κ1) is 22.1. The third kappa shape index (κ3) is 5.21.